The van der Waals surface area contributed by atoms with Gasteiger partial charge in [0.1, 0.15) is 18.4 Å². The van der Waals surface area contributed by atoms with Crippen molar-refractivity contribution >= 4 is 39.1 Å². The first-order valence-corrected chi connectivity index (χ1v) is 16.4. The molecule has 10 heteroatoms. The summed E-state index contributed by atoms with van der Waals surface area (Å²) in [4.78, 5) is 29.6. The highest BCUT2D eigenvalue weighted by Gasteiger charge is 2.35. The summed E-state index contributed by atoms with van der Waals surface area (Å²) >= 11 is 6.42. The largest absolute Gasteiger partial charge is 0.352 e. The molecule has 0 aliphatic rings. The maximum atomic E-state index is 14.5. The van der Waals surface area contributed by atoms with E-state index in [1.807, 2.05) is 51.1 Å². The second-order valence-electron chi connectivity index (χ2n) is 11.2. The van der Waals surface area contributed by atoms with Crippen LogP contribution in [0, 0.1) is 19.7 Å². The Morgan fingerprint density at radius 2 is 1.49 bits per heavy atom. The molecule has 1 atom stereocenters. The lowest BCUT2D eigenvalue weighted by Gasteiger charge is -2.34. The lowest BCUT2D eigenvalue weighted by molar-refractivity contribution is -0.140. The van der Waals surface area contributed by atoms with Crippen molar-refractivity contribution in [1.82, 2.24) is 10.2 Å². The molecule has 0 aliphatic heterocycles. The summed E-state index contributed by atoms with van der Waals surface area (Å²) in [6, 6.07) is 24.9. The number of carbonyl (C=O) groups is 2. The van der Waals surface area contributed by atoms with Crippen molar-refractivity contribution < 1.29 is 22.4 Å². The molecule has 0 aliphatic carbocycles. The highest BCUT2D eigenvalue weighted by Crippen LogP contribution is 2.31. The van der Waals surface area contributed by atoms with Crippen LogP contribution in [0.5, 0.6) is 0 Å². The SMILES string of the molecule is Cc1ccc(S(=O)(=O)N(CC(=O)N(Cc2ccc(F)cc2)C(Cc2ccccc2)C(=O)NC(C)C)c2cccc(Cl)c2C)cc1. The number of anilines is 1. The zero-order valence-electron chi connectivity index (χ0n) is 25.7. The van der Waals surface area contributed by atoms with E-state index in [1.165, 1.54) is 41.3 Å². The summed E-state index contributed by atoms with van der Waals surface area (Å²) < 4.78 is 43.2. The Hall–Kier alpha value is -4.21. The molecule has 4 aromatic rings. The average Bonchev–Trinajstić information content (AvgIpc) is 3.00. The minimum atomic E-state index is -4.26. The Morgan fingerprint density at radius 3 is 2.11 bits per heavy atom. The maximum Gasteiger partial charge on any atom is 0.264 e. The third-order valence-corrected chi connectivity index (χ3v) is 9.55. The van der Waals surface area contributed by atoms with Crippen LogP contribution in [0.1, 0.15) is 36.1 Å². The van der Waals surface area contributed by atoms with Crippen molar-refractivity contribution in [2.45, 2.75) is 57.6 Å². The van der Waals surface area contributed by atoms with Gasteiger partial charge >= 0.3 is 0 Å². The number of amides is 2. The van der Waals surface area contributed by atoms with Crippen molar-refractivity contribution in [1.29, 1.82) is 0 Å². The van der Waals surface area contributed by atoms with Crippen LogP contribution < -0.4 is 9.62 Å². The smallest absolute Gasteiger partial charge is 0.264 e. The molecule has 2 amide bonds. The fraction of sp³-hybridized carbons (Fsp3) is 0.257. The Balaban J connectivity index is 1.83. The molecule has 1 unspecified atom stereocenters. The second kappa shape index (κ2) is 14.7. The van der Waals surface area contributed by atoms with Gasteiger partial charge in [0.05, 0.1) is 10.6 Å². The molecular formula is C35H37ClFN3O4S. The third-order valence-electron chi connectivity index (χ3n) is 7.36. The molecule has 1 N–H and O–H groups in total. The standard InChI is InChI=1S/C35H37ClFN3O4S/c1-24(2)38-35(42)33(21-27-9-6-5-7-10-27)39(22-28-15-17-29(37)18-16-28)34(41)23-40(32-12-8-11-31(36)26(32)4)45(43,44)30-19-13-25(3)14-20-30/h5-20,24,33H,21-23H2,1-4H3,(H,38,42). The lowest BCUT2D eigenvalue weighted by atomic mass is 10.0. The van der Waals surface area contributed by atoms with Crippen molar-refractivity contribution in [3.63, 3.8) is 0 Å². The summed E-state index contributed by atoms with van der Waals surface area (Å²) in [6.45, 7) is 6.50. The monoisotopic (exact) mass is 649 g/mol. The topological polar surface area (TPSA) is 86.8 Å². The predicted octanol–water partition coefficient (Wildman–Crippen LogP) is 6.46. The van der Waals surface area contributed by atoms with Gasteiger partial charge in [-0.1, -0.05) is 77.8 Å². The zero-order valence-corrected chi connectivity index (χ0v) is 27.3. The van der Waals surface area contributed by atoms with Crippen molar-refractivity contribution in [2.24, 2.45) is 0 Å². The Morgan fingerprint density at radius 1 is 0.844 bits per heavy atom. The number of halogens is 2. The number of nitrogens with one attached hydrogen (secondary N) is 1. The van der Waals surface area contributed by atoms with Crippen LogP contribution in [-0.4, -0.2) is 43.8 Å². The molecule has 0 spiro atoms. The first-order valence-electron chi connectivity index (χ1n) is 14.6. The van der Waals surface area contributed by atoms with Gasteiger partial charge < -0.3 is 10.2 Å². The fourth-order valence-electron chi connectivity index (χ4n) is 4.94. The van der Waals surface area contributed by atoms with E-state index in [2.05, 4.69) is 5.32 Å². The predicted molar refractivity (Wildman–Crippen MR) is 176 cm³/mol. The van der Waals surface area contributed by atoms with E-state index >= 15 is 0 Å². The molecule has 0 fully saturated rings. The van der Waals surface area contributed by atoms with E-state index in [0.29, 0.717) is 16.1 Å². The molecule has 4 aromatic carbocycles. The first-order chi connectivity index (χ1) is 21.4. The van der Waals surface area contributed by atoms with Crippen LogP contribution in [0.25, 0.3) is 0 Å². The lowest BCUT2D eigenvalue weighted by Crippen LogP contribution is -2.54. The maximum absolute atomic E-state index is 14.5. The molecule has 0 aromatic heterocycles. The number of sulfonamides is 1. The van der Waals surface area contributed by atoms with E-state index in [-0.39, 0.29) is 29.6 Å². The van der Waals surface area contributed by atoms with Gasteiger partial charge in [-0.05, 0) is 80.8 Å². The number of hydrogen-bond donors (Lipinski definition) is 1. The van der Waals surface area contributed by atoms with Gasteiger partial charge in [-0.15, -0.1) is 0 Å². The van der Waals surface area contributed by atoms with Crippen molar-refractivity contribution in [2.75, 3.05) is 10.8 Å². The molecule has 4 rings (SSSR count). The van der Waals surface area contributed by atoms with Gasteiger partial charge in [-0.25, -0.2) is 12.8 Å². The van der Waals surface area contributed by atoms with Crippen LogP contribution in [0.2, 0.25) is 5.02 Å². The Labute approximate surface area is 269 Å². The van der Waals surface area contributed by atoms with Crippen LogP contribution in [0.4, 0.5) is 10.1 Å². The molecule has 0 saturated carbocycles. The summed E-state index contributed by atoms with van der Waals surface area (Å²) in [5.41, 5.74) is 2.98. The second-order valence-corrected chi connectivity index (χ2v) is 13.5. The molecular weight excluding hydrogens is 613 g/mol. The van der Waals surface area contributed by atoms with Gasteiger partial charge in [-0.2, -0.15) is 0 Å². The van der Waals surface area contributed by atoms with Crippen LogP contribution in [-0.2, 0) is 32.6 Å². The number of nitrogens with zero attached hydrogens (tertiary/aromatic N) is 2. The van der Waals surface area contributed by atoms with Crippen LogP contribution in [0.15, 0.2) is 102 Å². The molecule has 0 bridgehead atoms. The Kier molecular flexibility index (Phi) is 11.0. The van der Waals surface area contributed by atoms with Crippen molar-refractivity contribution in [3.8, 4) is 0 Å². The summed E-state index contributed by atoms with van der Waals surface area (Å²) in [5.74, 6) is -1.45. The number of hydrogen-bond acceptors (Lipinski definition) is 4. The minimum Gasteiger partial charge on any atom is -0.352 e. The summed E-state index contributed by atoms with van der Waals surface area (Å²) in [7, 11) is -4.26. The summed E-state index contributed by atoms with van der Waals surface area (Å²) in [5, 5.41) is 3.25. The highest BCUT2D eigenvalue weighted by atomic mass is 35.5. The molecule has 0 saturated heterocycles. The number of rotatable bonds is 12. The molecule has 0 radical (unpaired) electrons. The number of carbonyl (C=O) groups excluding carboxylic acids is 2. The quantitative estimate of drug-likeness (QED) is 0.191. The molecule has 0 heterocycles. The van der Waals surface area contributed by atoms with E-state index < -0.39 is 40.2 Å². The van der Waals surface area contributed by atoms with Crippen LogP contribution >= 0.6 is 11.6 Å². The van der Waals surface area contributed by atoms with Gasteiger partial charge in [0, 0.05) is 24.0 Å². The van der Waals surface area contributed by atoms with E-state index in [1.54, 1.807) is 37.3 Å². The molecule has 7 nitrogen and oxygen atoms in total. The van der Waals surface area contributed by atoms with E-state index in [0.717, 1.165) is 15.4 Å². The number of benzene rings is 4. The Bertz CT molecular complexity index is 1730. The third kappa shape index (κ3) is 8.49. The number of aryl methyl sites for hydroxylation is 1. The van der Waals surface area contributed by atoms with E-state index in [4.69, 9.17) is 11.6 Å². The van der Waals surface area contributed by atoms with Gasteiger partial charge in [-0.3, -0.25) is 13.9 Å². The van der Waals surface area contributed by atoms with Gasteiger partial charge in [0.15, 0.2) is 0 Å². The normalized spacial score (nSPS) is 12.1. The zero-order chi connectivity index (χ0) is 32.7. The highest BCUT2D eigenvalue weighted by molar-refractivity contribution is 7.92. The average molecular weight is 650 g/mol. The van der Waals surface area contributed by atoms with Gasteiger partial charge in [0.25, 0.3) is 10.0 Å². The minimum absolute atomic E-state index is 0.00347. The van der Waals surface area contributed by atoms with Crippen molar-refractivity contribution in [3.05, 3.63) is 130 Å². The summed E-state index contributed by atoms with van der Waals surface area (Å²) in [6.07, 6.45) is 0.174. The molecule has 45 heavy (non-hydrogen) atoms. The molecule has 236 valence electrons. The van der Waals surface area contributed by atoms with E-state index in [9.17, 15) is 22.4 Å². The van der Waals surface area contributed by atoms with Gasteiger partial charge in [0.2, 0.25) is 11.8 Å². The fourth-order valence-corrected chi connectivity index (χ4v) is 6.58. The first kappa shape index (κ1) is 33.7. The van der Waals surface area contributed by atoms with Crippen LogP contribution in [0.3, 0.4) is 0 Å².